The largest absolute Gasteiger partial charge is 0.340 e. The van der Waals surface area contributed by atoms with Crippen LogP contribution < -0.4 is 10.2 Å². The normalized spacial score (nSPS) is 19.0. The highest BCUT2D eigenvalue weighted by molar-refractivity contribution is 5.94. The molecule has 1 aromatic heterocycles. The van der Waals surface area contributed by atoms with Gasteiger partial charge in [0, 0.05) is 39.3 Å². The summed E-state index contributed by atoms with van der Waals surface area (Å²) in [6, 6.07) is 6.07. The van der Waals surface area contributed by atoms with Gasteiger partial charge in [0.15, 0.2) is 0 Å². The number of para-hydroxylation sites is 1. The van der Waals surface area contributed by atoms with Gasteiger partial charge in [-0.3, -0.25) is 9.69 Å². The first-order valence-corrected chi connectivity index (χ1v) is 11.2. The lowest BCUT2D eigenvalue weighted by molar-refractivity contribution is -0.105. The molecule has 7 heteroatoms. The van der Waals surface area contributed by atoms with Gasteiger partial charge >= 0.3 is 0 Å². The average Bonchev–Trinajstić information content (AvgIpc) is 3.14. The summed E-state index contributed by atoms with van der Waals surface area (Å²) >= 11 is 0. The maximum Gasteiger partial charge on any atom is 0.211 e. The Bertz CT molecular complexity index is 805. The third kappa shape index (κ3) is 4.56. The number of anilines is 2. The molecule has 158 valence electrons. The summed E-state index contributed by atoms with van der Waals surface area (Å²) in [7, 11) is 0. The van der Waals surface area contributed by atoms with E-state index in [1.54, 1.807) is 0 Å². The van der Waals surface area contributed by atoms with Crippen LogP contribution in [-0.4, -0.2) is 78.1 Å². The molecule has 0 atom stereocenters. The van der Waals surface area contributed by atoms with Gasteiger partial charge in [0.25, 0.3) is 0 Å². The number of piperidine rings is 1. The average molecular weight is 399 g/mol. The molecule has 0 bridgehead atoms. The molecule has 29 heavy (non-hydrogen) atoms. The molecule has 2 saturated heterocycles. The van der Waals surface area contributed by atoms with Crippen molar-refractivity contribution in [1.29, 1.82) is 0 Å². The minimum absolute atomic E-state index is 0.741. The quantitative estimate of drug-likeness (QED) is 0.693. The summed E-state index contributed by atoms with van der Waals surface area (Å²) in [4.78, 5) is 23.6. The van der Waals surface area contributed by atoms with Crippen molar-refractivity contribution < 1.29 is 4.79 Å². The number of benzene rings is 1. The fourth-order valence-electron chi connectivity index (χ4n) is 4.69. The van der Waals surface area contributed by atoms with E-state index in [2.05, 4.69) is 37.6 Å². The van der Waals surface area contributed by atoms with E-state index in [1.165, 1.54) is 45.3 Å². The van der Waals surface area contributed by atoms with Crippen molar-refractivity contribution >= 4 is 29.1 Å². The summed E-state index contributed by atoms with van der Waals surface area (Å²) in [6.07, 6.45) is 5.92. The molecule has 0 radical (unpaired) electrons. The molecule has 0 saturated carbocycles. The molecule has 2 aromatic rings. The molecule has 1 N–H and O–H groups in total. The number of fused-ring (bicyclic) bond motifs is 1. The van der Waals surface area contributed by atoms with E-state index < -0.39 is 0 Å². The molecule has 1 aromatic carbocycles. The van der Waals surface area contributed by atoms with Crippen molar-refractivity contribution in [3.8, 4) is 0 Å². The number of piperazine rings is 1. The van der Waals surface area contributed by atoms with Crippen LogP contribution in [0.2, 0.25) is 0 Å². The summed E-state index contributed by atoms with van der Waals surface area (Å²) in [5.41, 5.74) is 2.80. The number of likely N-dealkylation sites (tertiary alicyclic amines) is 1. The first-order valence-electron chi connectivity index (χ1n) is 11.2. The molecule has 7 nitrogen and oxygen atoms in total. The second kappa shape index (κ2) is 9.59. The molecule has 2 aliphatic rings. The van der Waals surface area contributed by atoms with E-state index in [0.717, 1.165) is 68.3 Å². The fourth-order valence-corrected chi connectivity index (χ4v) is 4.69. The topological polar surface area (TPSA) is 56.6 Å². The lowest BCUT2D eigenvalue weighted by Crippen LogP contribution is -2.47. The van der Waals surface area contributed by atoms with Crippen molar-refractivity contribution in [3.63, 3.8) is 0 Å². The zero-order valence-electron chi connectivity index (χ0n) is 17.6. The molecule has 0 unspecified atom stereocenters. The van der Waals surface area contributed by atoms with Gasteiger partial charge in [0.1, 0.15) is 5.52 Å². The Hall–Kier alpha value is -2.12. The Morgan fingerprint density at radius 2 is 1.72 bits per heavy atom. The van der Waals surface area contributed by atoms with Crippen LogP contribution in [-0.2, 0) is 11.3 Å². The van der Waals surface area contributed by atoms with Gasteiger partial charge in [0.2, 0.25) is 12.4 Å². The SMILES string of the molecule is CCCN1CCN(c2nc3c(NC=O)cccc3n2CCN2CCCCC2)CC1. The van der Waals surface area contributed by atoms with Crippen molar-refractivity contribution in [1.82, 2.24) is 19.4 Å². The van der Waals surface area contributed by atoms with Gasteiger partial charge in [-0.05, 0) is 51.0 Å². The molecular weight excluding hydrogens is 364 g/mol. The first kappa shape index (κ1) is 20.2. The minimum Gasteiger partial charge on any atom is -0.340 e. The Balaban J connectivity index is 1.60. The highest BCUT2D eigenvalue weighted by Gasteiger charge is 2.23. The number of aromatic nitrogens is 2. The maximum atomic E-state index is 11.1. The Kier molecular flexibility index (Phi) is 6.67. The smallest absolute Gasteiger partial charge is 0.211 e. The van der Waals surface area contributed by atoms with Gasteiger partial charge in [-0.1, -0.05) is 19.4 Å². The van der Waals surface area contributed by atoms with Crippen LogP contribution in [0.25, 0.3) is 11.0 Å². The number of rotatable bonds is 8. The van der Waals surface area contributed by atoms with Crippen LogP contribution >= 0.6 is 0 Å². The van der Waals surface area contributed by atoms with E-state index in [9.17, 15) is 4.79 Å². The minimum atomic E-state index is 0.741. The molecule has 3 heterocycles. The van der Waals surface area contributed by atoms with Crippen LogP contribution in [0.3, 0.4) is 0 Å². The third-order valence-electron chi connectivity index (χ3n) is 6.26. The summed E-state index contributed by atoms with van der Waals surface area (Å²) in [6.45, 7) is 12.0. The highest BCUT2D eigenvalue weighted by atomic mass is 16.1. The van der Waals surface area contributed by atoms with Crippen molar-refractivity contribution in [2.24, 2.45) is 0 Å². The van der Waals surface area contributed by atoms with Crippen molar-refractivity contribution in [3.05, 3.63) is 18.2 Å². The van der Waals surface area contributed by atoms with Gasteiger partial charge in [-0.25, -0.2) is 4.98 Å². The summed E-state index contributed by atoms with van der Waals surface area (Å²) < 4.78 is 2.37. The van der Waals surface area contributed by atoms with Crippen LogP contribution in [0.4, 0.5) is 11.6 Å². The molecular formula is C22H34N6O. The van der Waals surface area contributed by atoms with Crippen LogP contribution in [0.15, 0.2) is 18.2 Å². The number of carbonyl (C=O) groups excluding carboxylic acids is 1. The molecule has 2 fully saturated rings. The van der Waals surface area contributed by atoms with Gasteiger partial charge in [0.05, 0.1) is 11.2 Å². The number of nitrogens with one attached hydrogen (secondary N) is 1. The molecule has 2 aliphatic heterocycles. The predicted octanol–water partition coefficient (Wildman–Crippen LogP) is 2.62. The van der Waals surface area contributed by atoms with Gasteiger partial charge in [-0.2, -0.15) is 0 Å². The number of hydrogen-bond donors (Lipinski definition) is 1. The summed E-state index contributed by atoms with van der Waals surface area (Å²) in [5, 5.41) is 2.83. The second-order valence-electron chi connectivity index (χ2n) is 8.23. The van der Waals surface area contributed by atoms with Crippen LogP contribution in [0.1, 0.15) is 32.6 Å². The fraction of sp³-hybridized carbons (Fsp3) is 0.636. The van der Waals surface area contributed by atoms with Gasteiger partial charge < -0.3 is 19.7 Å². The molecule has 4 rings (SSSR count). The number of amides is 1. The molecule has 0 spiro atoms. The highest BCUT2D eigenvalue weighted by Crippen LogP contribution is 2.29. The van der Waals surface area contributed by atoms with Crippen molar-refractivity contribution in [2.75, 3.05) is 62.6 Å². The van der Waals surface area contributed by atoms with E-state index >= 15 is 0 Å². The van der Waals surface area contributed by atoms with E-state index in [4.69, 9.17) is 4.98 Å². The molecule has 0 aliphatic carbocycles. The lowest BCUT2D eigenvalue weighted by Gasteiger charge is -2.35. The third-order valence-corrected chi connectivity index (χ3v) is 6.26. The molecule has 1 amide bonds. The predicted molar refractivity (Wildman–Crippen MR) is 119 cm³/mol. The zero-order valence-corrected chi connectivity index (χ0v) is 17.6. The van der Waals surface area contributed by atoms with E-state index in [1.807, 2.05) is 12.1 Å². The van der Waals surface area contributed by atoms with Gasteiger partial charge in [-0.15, -0.1) is 0 Å². The van der Waals surface area contributed by atoms with Crippen LogP contribution in [0.5, 0.6) is 0 Å². The number of hydrogen-bond acceptors (Lipinski definition) is 5. The standard InChI is InChI=1S/C22H34N6O/c1-2-9-25-12-15-27(16-13-25)22-24-21-19(23-18-29)7-6-8-20(21)28(22)17-14-26-10-4-3-5-11-26/h6-8,18H,2-5,9-17H2,1H3,(H,23,29). The Morgan fingerprint density at radius 3 is 2.45 bits per heavy atom. The Labute approximate surface area is 173 Å². The second-order valence-corrected chi connectivity index (χ2v) is 8.23. The zero-order chi connectivity index (χ0) is 20.1. The van der Waals surface area contributed by atoms with Crippen LogP contribution in [0, 0.1) is 0 Å². The van der Waals surface area contributed by atoms with E-state index in [0.29, 0.717) is 0 Å². The maximum absolute atomic E-state index is 11.1. The summed E-state index contributed by atoms with van der Waals surface area (Å²) in [5.74, 6) is 1.05. The first-order chi connectivity index (χ1) is 14.3. The monoisotopic (exact) mass is 398 g/mol. The number of nitrogens with zero attached hydrogens (tertiary/aromatic N) is 5. The number of carbonyl (C=O) groups is 1. The lowest BCUT2D eigenvalue weighted by atomic mass is 10.1. The Morgan fingerprint density at radius 1 is 0.966 bits per heavy atom. The van der Waals surface area contributed by atoms with E-state index in [-0.39, 0.29) is 0 Å². The number of imidazole rings is 1. The van der Waals surface area contributed by atoms with Crippen molar-refractivity contribution in [2.45, 2.75) is 39.2 Å².